The SMILES string of the molecule is CC1CC(=O)N(c2cccc(C(=O)NC(C)c3ccc4c(c3)CCCO4)c2)C1=O. The van der Waals surface area contributed by atoms with Gasteiger partial charge >= 0.3 is 0 Å². The zero-order chi connectivity index (χ0) is 20.5. The molecule has 6 heteroatoms. The summed E-state index contributed by atoms with van der Waals surface area (Å²) < 4.78 is 5.65. The third-order valence-electron chi connectivity index (χ3n) is 5.52. The van der Waals surface area contributed by atoms with Crippen molar-refractivity contribution in [3.63, 3.8) is 0 Å². The first-order valence-corrected chi connectivity index (χ1v) is 9.97. The van der Waals surface area contributed by atoms with Gasteiger partial charge in [-0.2, -0.15) is 0 Å². The van der Waals surface area contributed by atoms with Gasteiger partial charge in [-0.05, 0) is 55.2 Å². The molecule has 3 amide bonds. The maximum absolute atomic E-state index is 12.8. The minimum Gasteiger partial charge on any atom is -0.493 e. The Kier molecular flexibility index (Phi) is 5.09. The first-order valence-electron chi connectivity index (χ1n) is 9.97. The molecular formula is C23H24N2O4. The molecule has 0 bridgehead atoms. The number of amides is 3. The first kappa shape index (κ1) is 19.2. The molecule has 2 atom stereocenters. The predicted molar refractivity (Wildman–Crippen MR) is 109 cm³/mol. The second-order valence-corrected chi connectivity index (χ2v) is 7.74. The van der Waals surface area contributed by atoms with Gasteiger partial charge in [0.25, 0.3) is 5.91 Å². The Labute approximate surface area is 169 Å². The van der Waals surface area contributed by atoms with Crippen LogP contribution in [0.25, 0.3) is 0 Å². The third-order valence-corrected chi connectivity index (χ3v) is 5.52. The summed E-state index contributed by atoms with van der Waals surface area (Å²) in [5, 5.41) is 3.00. The fraction of sp³-hybridized carbons (Fsp3) is 0.348. The highest BCUT2D eigenvalue weighted by molar-refractivity contribution is 6.21. The lowest BCUT2D eigenvalue weighted by Crippen LogP contribution is -2.31. The van der Waals surface area contributed by atoms with E-state index in [9.17, 15) is 14.4 Å². The van der Waals surface area contributed by atoms with Crippen molar-refractivity contribution in [3.05, 3.63) is 59.2 Å². The molecule has 0 saturated carbocycles. The molecule has 2 unspecified atom stereocenters. The number of carbonyl (C=O) groups is 3. The van der Waals surface area contributed by atoms with E-state index >= 15 is 0 Å². The highest BCUT2D eigenvalue weighted by Gasteiger charge is 2.36. The van der Waals surface area contributed by atoms with Crippen molar-refractivity contribution in [1.29, 1.82) is 0 Å². The van der Waals surface area contributed by atoms with Crippen LogP contribution in [0.1, 0.15) is 54.2 Å². The molecule has 2 aromatic rings. The minimum atomic E-state index is -0.326. The number of imide groups is 1. The van der Waals surface area contributed by atoms with Crippen molar-refractivity contribution in [2.75, 3.05) is 11.5 Å². The van der Waals surface area contributed by atoms with Crippen LogP contribution in [0.3, 0.4) is 0 Å². The monoisotopic (exact) mass is 392 g/mol. The van der Waals surface area contributed by atoms with Crippen molar-refractivity contribution in [2.24, 2.45) is 5.92 Å². The van der Waals surface area contributed by atoms with E-state index in [1.165, 1.54) is 4.90 Å². The lowest BCUT2D eigenvalue weighted by Gasteiger charge is -2.21. The summed E-state index contributed by atoms with van der Waals surface area (Å²) in [4.78, 5) is 38.4. The lowest BCUT2D eigenvalue weighted by molar-refractivity contribution is -0.122. The molecule has 2 aliphatic heterocycles. The van der Waals surface area contributed by atoms with Crippen LogP contribution < -0.4 is 15.0 Å². The Bertz CT molecular complexity index is 985. The number of nitrogens with one attached hydrogen (secondary N) is 1. The predicted octanol–water partition coefficient (Wildman–Crippen LogP) is 3.40. The third kappa shape index (κ3) is 3.75. The molecule has 150 valence electrons. The number of aryl methyl sites for hydroxylation is 1. The zero-order valence-corrected chi connectivity index (χ0v) is 16.6. The van der Waals surface area contributed by atoms with Gasteiger partial charge in [-0.15, -0.1) is 0 Å². The number of hydrogen-bond donors (Lipinski definition) is 1. The maximum Gasteiger partial charge on any atom is 0.251 e. The van der Waals surface area contributed by atoms with Gasteiger partial charge in [0.05, 0.1) is 18.3 Å². The van der Waals surface area contributed by atoms with Crippen molar-refractivity contribution in [2.45, 2.75) is 39.2 Å². The molecule has 0 aromatic heterocycles. The summed E-state index contributed by atoms with van der Waals surface area (Å²) >= 11 is 0. The van der Waals surface area contributed by atoms with Crippen LogP contribution >= 0.6 is 0 Å². The molecule has 6 nitrogen and oxygen atoms in total. The van der Waals surface area contributed by atoms with E-state index in [1.54, 1.807) is 31.2 Å². The quantitative estimate of drug-likeness (QED) is 0.809. The number of rotatable bonds is 4. The zero-order valence-electron chi connectivity index (χ0n) is 16.6. The standard InChI is InChI=1S/C23H24N2O4/c1-14-11-21(26)25(23(14)28)19-7-3-5-18(13-19)22(27)24-15(2)16-8-9-20-17(12-16)6-4-10-29-20/h3,5,7-9,12-15H,4,6,10-11H2,1-2H3,(H,24,27). The van der Waals surface area contributed by atoms with E-state index in [0.29, 0.717) is 11.3 Å². The summed E-state index contributed by atoms with van der Waals surface area (Å²) in [5.74, 6) is -0.115. The summed E-state index contributed by atoms with van der Waals surface area (Å²) in [6.07, 6.45) is 2.17. The molecule has 0 spiro atoms. The molecule has 2 aromatic carbocycles. The van der Waals surface area contributed by atoms with Crippen LogP contribution in [-0.4, -0.2) is 24.3 Å². The van der Waals surface area contributed by atoms with Crippen molar-refractivity contribution in [1.82, 2.24) is 5.32 Å². The number of carbonyl (C=O) groups excluding carboxylic acids is 3. The van der Waals surface area contributed by atoms with Gasteiger partial charge in [0.2, 0.25) is 11.8 Å². The summed E-state index contributed by atoms with van der Waals surface area (Å²) in [6, 6.07) is 12.5. The molecule has 29 heavy (non-hydrogen) atoms. The van der Waals surface area contributed by atoms with Gasteiger partial charge in [0.1, 0.15) is 5.75 Å². The number of benzene rings is 2. The molecule has 2 aliphatic rings. The first-order chi connectivity index (χ1) is 13.9. The van der Waals surface area contributed by atoms with Crippen LogP contribution in [0.4, 0.5) is 5.69 Å². The van der Waals surface area contributed by atoms with Crippen LogP contribution in [0, 0.1) is 5.92 Å². The Hall–Kier alpha value is -3.15. The summed E-state index contributed by atoms with van der Waals surface area (Å²) in [5.41, 5.74) is 3.03. The number of anilines is 1. The van der Waals surface area contributed by atoms with Gasteiger partial charge in [-0.25, -0.2) is 0 Å². The smallest absolute Gasteiger partial charge is 0.251 e. The maximum atomic E-state index is 12.8. The largest absolute Gasteiger partial charge is 0.493 e. The molecule has 2 heterocycles. The van der Waals surface area contributed by atoms with Crippen molar-refractivity contribution in [3.8, 4) is 5.75 Å². The highest BCUT2D eigenvalue weighted by Crippen LogP contribution is 2.29. The molecule has 1 saturated heterocycles. The lowest BCUT2D eigenvalue weighted by atomic mass is 10.00. The van der Waals surface area contributed by atoms with Crippen molar-refractivity contribution < 1.29 is 19.1 Å². The highest BCUT2D eigenvalue weighted by atomic mass is 16.5. The molecule has 0 radical (unpaired) electrons. The van der Waals surface area contributed by atoms with Crippen LogP contribution in [0.15, 0.2) is 42.5 Å². The van der Waals surface area contributed by atoms with Gasteiger partial charge in [-0.1, -0.05) is 25.1 Å². The van der Waals surface area contributed by atoms with Crippen molar-refractivity contribution >= 4 is 23.4 Å². The summed E-state index contributed by atoms with van der Waals surface area (Å²) in [7, 11) is 0. The molecule has 1 fully saturated rings. The van der Waals surface area contributed by atoms with Gasteiger partial charge in [0.15, 0.2) is 0 Å². The van der Waals surface area contributed by atoms with E-state index in [4.69, 9.17) is 4.74 Å². The Balaban J connectivity index is 1.50. The number of fused-ring (bicyclic) bond motifs is 1. The minimum absolute atomic E-state index is 0.187. The Morgan fingerprint density at radius 2 is 2.03 bits per heavy atom. The Morgan fingerprint density at radius 3 is 2.79 bits per heavy atom. The van der Waals surface area contributed by atoms with Crippen LogP contribution in [0.2, 0.25) is 0 Å². The molecule has 0 aliphatic carbocycles. The number of hydrogen-bond acceptors (Lipinski definition) is 4. The molecular weight excluding hydrogens is 368 g/mol. The van der Waals surface area contributed by atoms with E-state index in [0.717, 1.165) is 36.3 Å². The fourth-order valence-corrected chi connectivity index (χ4v) is 3.85. The van der Waals surface area contributed by atoms with Crippen LogP contribution in [0.5, 0.6) is 5.75 Å². The molecule has 4 rings (SSSR count). The molecule has 1 N–H and O–H groups in total. The second-order valence-electron chi connectivity index (χ2n) is 7.74. The second kappa shape index (κ2) is 7.70. The van der Waals surface area contributed by atoms with Crippen LogP contribution in [-0.2, 0) is 16.0 Å². The fourth-order valence-electron chi connectivity index (χ4n) is 3.85. The average Bonchev–Trinajstić information content (AvgIpc) is 2.99. The number of nitrogens with zero attached hydrogens (tertiary/aromatic N) is 1. The Morgan fingerprint density at radius 1 is 1.21 bits per heavy atom. The van der Waals surface area contributed by atoms with Gasteiger partial charge < -0.3 is 10.1 Å². The van der Waals surface area contributed by atoms with E-state index in [1.807, 2.05) is 19.1 Å². The van der Waals surface area contributed by atoms with Gasteiger partial charge in [0, 0.05) is 17.9 Å². The van der Waals surface area contributed by atoms with E-state index < -0.39 is 0 Å². The number of ether oxygens (including phenoxy) is 1. The normalized spacial score (nSPS) is 19.5. The van der Waals surface area contributed by atoms with Gasteiger partial charge in [-0.3, -0.25) is 19.3 Å². The topological polar surface area (TPSA) is 75.7 Å². The van der Waals surface area contributed by atoms with E-state index in [2.05, 4.69) is 11.4 Å². The average molecular weight is 392 g/mol. The van der Waals surface area contributed by atoms with E-state index in [-0.39, 0.29) is 36.1 Å². The summed E-state index contributed by atoms with van der Waals surface area (Å²) in [6.45, 7) is 4.42.